The van der Waals surface area contributed by atoms with E-state index < -0.39 is 0 Å². The molecular formula is C2H8BO3. The van der Waals surface area contributed by atoms with Gasteiger partial charge in [0.05, 0.1) is 0 Å². The molecule has 0 spiro atoms. The highest BCUT2D eigenvalue weighted by Crippen LogP contribution is 1.28. The van der Waals surface area contributed by atoms with E-state index in [0.717, 1.165) is 0 Å². The van der Waals surface area contributed by atoms with Crippen LogP contribution in [0.15, 0.2) is 0 Å². The fourth-order valence-corrected chi connectivity index (χ4v) is 0. The average Bonchev–Trinajstić information content (AvgIpc) is 1.39. The van der Waals surface area contributed by atoms with Gasteiger partial charge in [-0.15, -0.1) is 0 Å². The summed E-state index contributed by atoms with van der Waals surface area (Å²) < 4.78 is 4.25. The maximum absolute atomic E-state index is 7.00. The largest absolute Gasteiger partial charge is 0.482 e. The molecule has 0 aliphatic rings. The number of ether oxygens (including phenoxy) is 1. The van der Waals surface area contributed by atoms with Gasteiger partial charge in [-0.3, -0.25) is 0 Å². The predicted molar refractivity (Wildman–Crippen MR) is 23.1 cm³/mol. The molecule has 0 aromatic heterocycles. The van der Waals surface area contributed by atoms with Crippen LogP contribution in [-0.2, 0) is 4.74 Å². The van der Waals surface area contributed by atoms with Crippen LogP contribution in [0.4, 0.5) is 0 Å². The molecule has 0 unspecified atom stereocenters. The summed E-state index contributed by atoms with van der Waals surface area (Å²) in [4.78, 5) is 0. The first-order chi connectivity index (χ1) is 2.83. The van der Waals surface area contributed by atoms with Gasteiger partial charge in [-0.25, -0.2) is 0 Å². The Kier molecular flexibility index (Phi) is 31.7. The SMILES string of the molecule is COC.O[B]O. The van der Waals surface area contributed by atoms with Crippen LogP contribution >= 0.6 is 0 Å². The summed E-state index contributed by atoms with van der Waals surface area (Å²) in [6, 6.07) is 0. The molecule has 2 N–H and O–H groups in total. The van der Waals surface area contributed by atoms with Crippen molar-refractivity contribution in [1.82, 2.24) is 0 Å². The van der Waals surface area contributed by atoms with E-state index in [1.807, 2.05) is 0 Å². The van der Waals surface area contributed by atoms with Crippen LogP contribution in [0.25, 0.3) is 0 Å². The normalized spacial score (nSPS) is 5.33. The van der Waals surface area contributed by atoms with Crippen molar-refractivity contribution >= 4 is 7.69 Å². The minimum atomic E-state index is 0. The van der Waals surface area contributed by atoms with Gasteiger partial charge in [-0.1, -0.05) is 0 Å². The summed E-state index contributed by atoms with van der Waals surface area (Å²) in [5.74, 6) is 0. The molecule has 3 nitrogen and oxygen atoms in total. The van der Waals surface area contributed by atoms with Crippen molar-refractivity contribution in [2.24, 2.45) is 0 Å². The van der Waals surface area contributed by atoms with Gasteiger partial charge in [-0.05, 0) is 0 Å². The van der Waals surface area contributed by atoms with Crippen LogP contribution in [0.1, 0.15) is 0 Å². The molecule has 0 saturated carbocycles. The molecule has 1 radical (unpaired) electrons. The van der Waals surface area contributed by atoms with Crippen molar-refractivity contribution in [3.05, 3.63) is 0 Å². The van der Waals surface area contributed by atoms with E-state index in [9.17, 15) is 0 Å². The molecule has 0 aliphatic carbocycles. The van der Waals surface area contributed by atoms with E-state index in [-0.39, 0.29) is 7.69 Å². The Labute approximate surface area is 37.9 Å². The summed E-state index contributed by atoms with van der Waals surface area (Å²) in [6.07, 6.45) is 0. The first-order valence-corrected chi connectivity index (χ1v) is 1.33. The monoisotopic (exact) mass is 91.1 g/mol. The van der Waals surface area contributed by atoms with Gasteiger partial charge in [0.25, 0.3) is 0 Å². The molecule has 0 aromatic carbocycles. The predicted octanol–water partition coefficient (Wildman–Crippen LogP) is -1.23. The lowest BCUT2D eigenvalue weighted by atomic mass is 10.5. The smallest absolute Gasteiger partial charge is 0.429 e. The average molecular weight is 90.9 g/mol. The highest BCUT2D eigenvalue weighted by Gasteiger charge is 1.51. The van der Waals surface area contributed by atoms with Gasteiger partial charge in [0.15, 0.2) is 0 Å². The Hall–Kier alpha value is -0.0551. The summed E-state index contributed by atoms with van der Waals surface area (Å²) in [5, 5.41) is 14.0. The van der Waals surface area contributed by atoms with Crippen LogP contribution < -0.4 is 0 Å². The van der Waals surface area contributed by atoms with Crippen molar-refractivity contribution in [2.45, 2.75) is 0 Å². The van der Waals surface area contributed by atoms with Crippen molar-refractivity contribution in [2.75, 3.05) is 14.2 Å². The molecular weight excluding hydrogens is 82.8 g/mol. The highest BCUT2D eigenvalue weighted by molar-refractivity contribution is 6.13. The molecule has 0 fully saturated rings. The minimum Gasteiger partial charge on any atom is -0.429 e. The van der Waals surface area contributed by atoms with Gasteiger partial charge >= 0.3 is 7.69 Å². The zero-order valence-electron chi connectivity index (χ0n) is 3.88. The van der Waals surface area contributed by atoms with Crippen LogP contribution in [-0.4, -0.2) is 32.0 Å². The second kappa shape index (κ2) is 20.3. The number of hydrogen-bond acceptors (Lipinski definition) is 3. The van der Waals surface area contributed by atoms with Crippen molar-refractivity contribution < 1.29 is 14.8 Å². The van der Waals surface area contributed by atoms with Crippen LogP contribution in [0.5, 0.6) is 0 Å². The molecule has 0 saturated heterocycles. The first-order valence-electron chi connectivity index (χ1n) is 1.33. The van der Waals surface area contributed by atoms with Gasteiger partial charge < -0.3 is 14.8 Å². The fourth-order valence-electron chi connectivity index (χ4n) is 0. The van der Waals surface area contributed by atoms with Gasteiger partial charge in [0, 0.05) is 14.2 Å². The molecule has 0 rings (SSSR count). The molecule has 0 heterocycles. The maximum Gasteiger partial charge on any atom is 0.482 e. The Bertz CT molecular complexity index is 10.8. The van der Waals surface area contributed by atoms with Crippen LogP contribution in [0, 0.1) is 0 Å². The number of methoxy groups -OCH3 is 1. The molecule has 6 heavy (non-hydrogen) atoms. The molecule has 37 valence electrons. The number of hydrogen-bond donors (Lipinski definition) is 2. The standard InChI is InChI=1S/C2H6O.BH2O2/c1-3-2;2-1-3/h1-2H3;2-3H. The second-order valence-electron chi connectivity index (χ2n) is 0.524. The topological polar surface area (TPSA) is 49.7 Å². The summed E-state index contributed by atoms with van der Waals surface area (Å²) in [7, 11) is 3.25. The maximum atomic E-state index is 7.00. The molecule has 0 bridgehead atoms. The summed E-state index contributed by atoms with van der Waals surface area (Å²) in [6.45, 7) is 0. The zero-order chi connectivity index (χ0) is 5.41. The van der Waals surface area contributed by atoms with E-state index in [1.54, 1.807) is 14.2 Å². The van der Waals surface area contributed by atoms with Crippen LogP contribution in [0.2, 0.25) is 0 Å². The molecule has 0 amide bonds. The lowest BCUT2D eigenvalue weighted by Gasteiger charge is -1.61. The Morgan fingerprint density at radius 2 is 1.33 bits per heavy atom. The number of rotatable bonds is 0. The van der Waals surface area contributed by atoms with Crippen LogP contribution in [0.3, 0.4) is 0 Å². The van der Waals surface area contributed by atoms with E-state index in [4.69, 9.17) is 10.0 Å². The molecule has 0 aromatic rings. The third kappa shape index (κ3) is 11300. The van der Waals surface area contributed by atoms with Gasteiger partial charge in [-0.2, -0.15) is 0 Å². The highest BCUT2D eigenvalue weighted by atomic mass is 16.4. The van der Waals surface area contributed by atoms with Crippen molar-refractivity contribution in [3.8, 4) is 0 Å². The Balaban J connectivity index is 0. The molecule has 0 atom stereocenters. The Morgan fingerprint density at radius 1 is 1.33 bits per heavy atom. The van der Waals surface area contributed by atoms with E-state index in [1.165, 1.54) is 0 Å². The molecule has 4 heteroatoms. The van der Waals surface area contributed by atoms with Crippen molar-refractivity contribution in [3.63, 3.8) is 0 Å². The van der Waals surface area contributed by atoms with Gasteiger partial charge in [0.2, 0.25) is 0 Å². The fraction of sp³-hybridized carbons (Fsp3) is 1.00. The lowest BCUT2D eigenvalue weighted by molar-refractivity contribution is 0.277. The van der Waals surface area contributed by atoms with E-state index in [0.29, 0.717) is 0 Å². The summed E-state index contributed by atoms with van der Waals surface area (Å²) >= 11 is 0. The summed E-state index contributed by atoms with van der Waals surface area (Å²) in [5.41, 5.74) is 0. The second-order valence-corrected chi connectivity index (χ2v) is 0.524. The van der Waals surface area contributed by atoms with E-state index >= 15 is 0 Å². The Morgan fingerprint density at radius 3 is 1.33 bits per heavy atom. The first kappa shape index (κ1) is 9.34. The third-order valence-electron chi connectivity index (χ3n) is 0. The lowest BCUT2D eigenvalue weighted by Crippen LogP contribution is -1.75. The van der Waals surface area contributed by atoms with E-state index in [2.05, 4.69) is 4.74 Å². The van der Waals surface area contributed by atoms with Crippen molar-refractivity contribution in [1.29, 1.82) is 0 Å². The quantitative estimate of drug-likeness (QED) is 0.367. The van der Waals surface area contributed by atoms with Gasteiger partial charge in [0.1, 0.15) is 0 Å². The third-order valence-corrected chi connectivity index (χ3v) is 0. The zero-order valence-corrected chi connectivity index (χ0v) is 3.88. The molecule has 0 aliphatic heterocycles. The minimum absolute atomic E-state index is 0.